The van der Waals surface area contributed by atoms with Crippen LogP contribution in [0.15, 0.2) is 42.6 Å². The zero-order valence-electron chi connectivity index (χ0n) is 14.9. The summed E-state index contributed by atoms with van der Waals surface area (Å²) in [5.41, 5.74) is 3.51. The maximum absolute atomic E-state index is 12.7. The molecule has 3 rings (SSSR count). The Kier molecular flexibility index (Phi) is 4.97. The Balaban J connectivity index is 1.77. The van der Waals surface area contributed by atoms with Gasteiger partial charge in [0.2, 0.25) is 0 Å². The first-order valence-corrected chi connectivity index (χ1v) is 8.47. The molecule has 1 N–H and O–H groups in total. The van der Waals surface area contributed by atoms with E-state index in [1.165, 1.54) is 0 Å². The van der Waals surface area contributed by atoms with Crippen molar-refractivity contribution in [2.75, 3.05) is 11.9 Å². The molecular formula is C19H23N5O. The molecule has 0 aliphatic carbocycles. The van der Waals surface area contributed by atoms with Crippen LogP contribution >= 0.6 is 0 Å². The van der Waals surface area contributed by atoms with Crippen LogP contribution in [0.2, 0.25) is 0 Å². The Morgan fingerprint density at radius 2 is 2.04 bits per heavy atom. The number of rotatable bonds is 5. The van der Waals surface area contributed by atoms with Gasteiger partial charge in [-0.3, -0.25) is 4.68 Å². The molecule has 2 aromatic heterocycles. The minimum atomic E-state index is -0.117. The number of nitrogens with one attached hydrogen (secondary N) is 1. The molecule has 0 aliphatic heterocycles. The lowest BCUT2D eigenvalue weighted by molar-refractivity contribution is 0.209. The van der Waals surface area contributed by atoms with Crippen LogP contribution in [-0.2, 0) is 13.6 Å². The van der Waals surface area contributed by atoms with Gasteiger partial charge in [-0.05, 0) is 25.0 Å². The maximum Gasteiger partial charge on any atom is 0.322 e. The molecule has 25 heavy (non-hydrogen) atoms. The standard InChI is InChI=1S/C19H23N5O/c1-4-10-24(13-15-8-6-5-7-9-15)19(25)21-16-11-17-14(2)22-23(3)18(17)20-12-16/h5-9,11-12H,4,10,13H2,1-3H3,(H,21,25). The van der Waals surface area contributed by atoms with Gasteiger partial charge in [0.25, 0.3) is 0 Å². The molecule has 2 amide bonds. The average molecular weight is 337 g/mol. The van der Waals surface area contributed by atoms with E-state index in [0.717, 1.165) is 28.7 Å². The Hall–Kier alpha value is -2.89. The smallest absolute Gasteiger partial charge is 0.320 e. The first-order chi connectivity index (χ1) is 12.1. The molecule has 0 fully saturated rings. The number of anilines is 1. The van der Waals surface area contributed by atoms with E-state index in [0.29, 0.717) is 18.8 Å². The number of aryl methyl sites for hydroxylation is 2. The average Bonchev–Trinajstić information content (AvgIpc) is 2.89. The van der Waals surface area contributed by atoms with Gasteiger partial charge in [0.15, 0.2) is 5.65 Å². The van der Waals surface area contributed by atoms with Crippen LogP contribution in [0.1, 0.15) is 24.6 Å². The lowest BCUT2D eigenvalue weighted by Crippen LogP contribution is -2.35. The summed E-state index contributed by atoms with van der Waals surface area (Å²) < 4.78 is 1.75. The molecule has 6 heteroatoms. The molecule has 0 bridgehead atoms. The van der Waals surface area contributed by atoms with Crippen LogP contribution < -0.4 is 5.32 Å². The Morgan fingerprint density at radius 3 is 2.76 bits per heavy atom. The van der Waals surface area contributed by atoms with Crippen LogP contribution in [0.4, 0.5) is 10.5 Å². The topological polar surface area (TPSA) is 63.1 Å². The number of carbonyl (C=O) groups excluding carboxylic acids is 1. The number of benzene rings is 1. The predicted octanol–water partition coefficient (Wildman–Crippen LogP) is 3.72. The van der Waals surface area contributed by atoms with E-state index in [1.807, 2.05) is 55.3 Å². The van der Waals surface area contributed by atoms with Crippen molar-refractivity contribution in [1.82, 2.24) is 19.7 Å². The summed E-state index contributed by atoms with van der Waals surface area (Å²) in [7, 11) is 1.86. The molecule has 0 atom stereocenters. The summed E-state index contributed by atoms with van der Waals surface area (Å²) in [6.45, 7) is 5.29. The zero-order valence-corrected chi connectivity index (χ0v) is 14.9. The number of hydrogen-bond acceptors (Lipinski definition) is 3. The highest BCUT2D eigenvalue weighted by molar-refractivity contribution is 5.92. The second-order valence-electron chi connectivity index (χ2n) is 6.14. The molecule has 0 saturated carbocycles. The third-order valence-electron chi connectivity index (χ3n) is 4.11. The van der Waals surface area contributed by atoms with Crippen molar-refractivity contribution in [3.8, 4) is 0 Å². The van der Waals surface area contributed by atoms with Crippen LogP contribution in [0, 0.1) is 6.92 Å². The molecule has 0 aliphatic rings. The van der Waals surface area contributed by atoms with Crippen molar-refractivity contribution in [3.63, 3.8) is 0 Å². The fourth-order valence-corrected chi connectivity index (χ4v) is 2.90. The summed E-state index contributed by atoms with van der Waals surface area (Å²) >= 11 is 0. The van der Waals surface area contributed by atoms with Gasteiger partial charge in [-0.1, -0.05) is 37.3 Å². The van der Waals surface area contributed by atoms with Crippen molar-refractivity contribution in [3.05, 3.63) is 53.9 Å². The van der Waals surface area contributed by atoms with E-state index < -0.39 is 0 Å². The van der Waals surface area contributed by atoms with Crippen molar-refractivity contribution < 1.29 is 4.79 Å². The lowest BCUT2D eigenvalue weighted by atomic mass is 10.2. The summed E-state index contributed by atoms with van der Waals surface area (Å²) in [5, 5.41) is 8.27. The lowest BCUT2D eigenvalue weighted by Gasteiger charge is -2.22. The van der Waals surface area contributed by atoms with E-state index in [1.54, 1.807) is 10.9 Å². The molecule has 6 nitrogen and oxygen atoms in total. The summed E-state index contributed by atoms with van der Waals surface area (Å²) in [5.74, 6) is 0. The summed E-state index contributed by atoms with van der Waals surface area (Å²) in [6, 6.07) is 11.8. The first-order valence-electron chi connectivity index (χ1n) is 8.47. The number of urea groups is 1. The highest BCUT2D eigenvalue weighted by atomic mass is 16.2. The van der Waals surface area contributed by atoms with E-state index >= 15 is 0 Å². The molecule has 0 saturated heterocycles. The fourth-order valence-electron chi connectivity index (χ4n) is 2.90. The second-order valence-corrected chi connectivity index (χ2v) is 6.14. The van der Waals surface area contributed by atoms with Gasteiger partial charge in [-0.25, -0.2) is 9.78 Å². The van der Waals surface area contributed by atoms with Crippen LogP contribution in [-0.4, -0.2) is 32.2 Å². The quantitative estimate of drug-likeness (QED) is 0.772. The van der Waals surface area contributed by atoms with Crippen molar-refractivity contribution in [2.24, 2.45) is 7.05 Å². The van der Waals surface area contributed by atoms with Crippen LogP contribution in [0.3, 0.4) is 0 Å². The van der Waals surface area contributed by atoms with E-state index in [-0.39, 0.29) is 6.03 Å². The molecule has 0 spiro atoms. The SMILES string of the molecule is CCCN(Cc1ccccc1)C(=O)Nc1cnc2c(c1)c(C)nn2C. The van der Waals surface area contributed by atoms with E-state index in [4.69, 9.17) is 0 Å². The zero-order chi connectivity index (χ0) is 17.8. The molecule has 0 unspecified atom stereocenters. The number of aromatic nitrogens is 3. The molecule has 2 heterocycles. The van der Waals surface area contributed by atoms with E-state index in [2.05, 4.69) is 22.3 Å². The minimum Gasteiger partial charge on any atom is -0.320 e. The Morgan fingerprint density at radius 1 is 1.28 bits per heavy atom. The molecule has 1 aromatic carbocycles. The monoisotopic (exact) mass is 337 g/mol. The molecular weight excluding hydrogens is 314 g/mol. The summed E-state index contributed by atoms with van der Waals surface area (Å²) in [6.07, 6.45) is 2.58. The predicted molar refractivity (Wildman–Crippen MR) is 99.4 cm³/mol. The van der Waals surface area contributed by atoms with Gasteiger partial charge < -0.3 is 10.2 Å². The number of hydrogen-bond donors (Lipinski definition) is 1. The second kappa shape index (κ2) is 7.34. The van der Waals surface area contributed by atoms with Crippen molar-refractivity contribution in [2.45, 2.75) is 26.8 Å². The van der Waals surface area contributed by atoms with Gasteiger partial charge in [0.05, 0.1) is 17.6 Å². The Labute approximate surface area is 147 Å². The molecule has 0 radical (unpaired) electrons. The van der Waals surface area contributed by atoms with Gasteiger partial charge in [0.1, 0.15) is 0 Å². The summed E-state index contributed by atoms with van der Waals surface area (Å²) in [4.78, 5) is 18.9. The fraction of sp³-hybridized carbons (Fsp3) is 0.316. The van der Waals surface area contributed by atoms with Crippen LogP contribution in [0.25, 0.3) is 11.0 Å². The molecule has 3 aromatic rings. The normalized spacial score (nSPS) is 10.8. The van der Waals surface area contributed by atoms with Crippen molar-refractivity contribution in [1.29, 1.82) is 0 Å². The number of nitrogens with zero attached hydrogens (tertiary/aromatic N) is 4. The number of amides is 2. The minimum absolute atomic E-state index is 0.117. The Bertz CT molecular complexity index is 872. The number of pyridine rings is 1. The highest BCUT2D eigenvalue weighted by Crippen LogP contribution is 2.19. The van der Waals surface area contributed by atoms with Crippen molar-refractivity contribution >= 4 is 22.8 Å². The van der Waals surface area contributed by atoms with Gasteiger partial charge in [-0.2, -0.15) is 5.10 Å². The largest absolute Gasteiger partial charge is 0.322 e. The first kappa shape index (κ1) is 17.0. The molecule has 130 valence electrons. The van der Waals surface area contributed by atoms with Gasteiger partial charge in [0, 0.05) is 25.5 Å². The van der Waals surface area contributed by atoms with Crippen LogP contribution in [0.5, 0.6) is 0 Å². The number of fused-ring (bicyclic) bond motifs is 1. The van der Waals surface area contributed by atoms with Gasteiger partial charge >= 0.3 is 6.03 Å². The van der Waals surface area contributed by atoms with Gasteiger partial charge in [-0.15, -0.1) is 0 Å². The third-order valence-corrected chi connectivity index (χ3v) is 4.11. The maximum atomic E-state index is 12.7. The third kappa shape index (κ3) is 3.79. The van der Waals surface area contributed by atoms with E-state index in [9.17, 15) is 4.79 Å². The number of carbonyl (C=O) groups is 1. The highest BCUT2D eigenvalue weighted by Gasteiger charge is 2.15.